The van der Waals surface area contributed by atoms with Gasteiger partial charge in [-0.3, -0.25) is 4.79 Å². The zero-order chi connectivity index (χ0) is 14.1. The fraction of sp³-hybridized carbons (Fsp3) is 0.133. The minimum absolute atomic E-state index is 0.00768. The lowest BCUT2D eigenvalue weighted by molar-refractivity contribution is -0.117. The molecule has 2 N–H and O–H groups in total. The second-order valence-electron chi connectivity index (χ2n) is 4.52. The first-order chi connectivity index (χ1) is 9.67. The normalized spacial score (nSPS) is 16.9. The Labute approximate surface area is 130 Å². The number of nitrogens with one attached hydrogen (secondary N) is 2. The van der Waals surface area contributed by atoms with Crippen LogP contribution in [0.2, 0.25) is 0 Å². The molecule has 0 spiro atoms. The molecule has 1 aliphatic rings. The Morgan fingerprint density at radius 2 is 1.85 bits per heavy atom. The Kier molecular flexibility index (Phi) is 3.83. The van der Waals surface area contributed by atoms with E-state index in [0.29, 0.717) is 0 Å². The Morgan fingerprint density at radius 3 is 2.55 bits per heavy atom. The fourth-order valence-corrected chi connectivity index (χ4v) is 3.35. The van der Waals surface area contributed by atoms with E-state index in [0.717, 1.165) is 20.6 Å². The number of hydrogen-bond donors (Lipinski definition) is 2. The van der Waals surface area contributed by atoms with Gasteiger partial charge in [-0.25, -0.2) is 0 Å². The molecule has 0 radical (unpaired) electrons. The van der Waals surface area contributed by atoms with Gasteiger partial charge in [0.2, 0.25) is 5.91 Å². The number of amides is 1. The molecule has 0 saturated carbocycles. The van der Waals surface area contributed by atoms with Gasteiger partial charge in [0, 0.05) is 25.5 Å². The van der Waals surface area contributed by atoms with Crippen LogP contribution in [0.5, 0.6) is 0 Å². The van der Waals surface area contributed by atoms with Gasteiger partial charge in [-0.1, -0.05) is 33.8 Å². The molecule has 3 rings (SSSR count). The van der Waals surface area contributed by atoms with Gasteiger partial charge in [-0.2, -0.15) is 0 Å². The summed E-state index contributed by atoms with van der Waals surface area (Å²) in [7, 11) is 1.80. The highest BCUT2D eigenvalue weighted by molar-refractivity contribution is 9.10. The van der Waals surface area contributed by atoms with E-state index in [-0.39, 0.29) is 11.9 Å². The van der Waals surface area contributed by atoms with Crippen molar-refractivity contribution in [3.8, 4) is 0 Å². The predicted molar refractivity (Wildman–Crippen MR) is 85.1 cm³/mol. The summed E-state index contributed by atoms with van der Waals surface area (Å²) < 4.78 is 1.07. The maximum absolute atomic E-state index is 11.8. The van der Waals surface area contributed by atoms with Crippen molar-refractivity contribution in [2.45, 2.75) is 15.8 Å². The monoisotopic (exact) mass is 348 g/mol. The number of anilines is 1. The first-order valence-electron chi connectivity index (χ1n) is 6.23. The third-order valence-electron chi connectivity index (χ3n) is 3.19. The summed E-state index contributed by atoms with van der Waals surface area (Å²) in [6, 6.07) is 14.0. The summed E-state index contributed by atoms with van der Waals surface area (Å²) >= 11 is 5.11. The molecule has 0 bridgehead atoms. The van der Waals surface area contributed by atoms with Crippen molar-refractivity contribution in [2.24, 2.45) is 0 Å². The highest BCUT2D eigenvalue weighted by Gasteiger charge is 2.28. The first-order valence-corrected chi connectivity index (χ1v) is 7.84. The van der Waals surface area contributed by atoms with Gasteiger partial charge in [-0.15, -0.1) is 0 Å². The smallest absolute Gasteiger partial charge is 0.246 e. The molecule has 0 saturated heterocycles. The molecule has 2 aromatic carbocycles. The number of carbonyl (C=O) groups is 1. The van der Waals surface area contributed by atoms with Crippen molar-refractivity contribution in [2.75, 3.05) is 12.4 Å². The van der Waals surface area contributed by atoms with Crippen LogP contribution in [0, 0.1) is 0 Å². The van der Waals surface area contributed by atoms with Gasteiger partial charge in [0.25, 0.3) is 0 Å². The Balaban J connectivity index is 1.85. The van der Waals surface area contributed by atoms with Gasteiger partial charge in [0.15, 0.2) is 0 Å². The van der Waals surface area contributed by atoms with Crippen LogP contribution in [-0.2, 0) is 4.79 Å². The number of halogens is 1. The molecule has 5 heteroatoms. The molecular weight excluding hydrogens is 336 g/mol. The van der Waals surface area contributed by atoms with Gasteiger partial charge >= 0.3 is 0 Å². The molecular formula is C15H13BrN2OS. The largest absolute Gasteiger partial charge is 0.324 e. The van der Waals surface area contributed by atoms with E-state index in [1.165, 1.54) is 4.90 Å². The summed E-state index contributed by atoms with van der Waals surface area (Å²) in [5, 5.41) is 5.93. The molecule has 1 aliphatic heterocycles. The molecule has 1 heterocycles. The minimum atomic E-state index is -0.239. The molecule has 1 atom stereocenters. The molecule has 0 aliphatic carbocycles. The van der Waals surface area contributed by atoms with E-state index in [9.17, 15) is 4.79 Å². The van der Waals surface area contributed by atoms with Gasteiger partial charge in [0.05, 0.1) is 0 Å². The van der Waals surface area contributed by atoms with Crippen LogP contribution < -0.4 is 10.6 Å². The quantitative estimate of drug-likeness (QED) is 0.885. The molecule has 0 aromatic heterocycles. The van der Waals surface area contributed by atoms with Crippen LogP contribution in [0.1, 0.15) is 11.6 Å². The number of rotatable bonds is 3. The average molecular weight is 349 g/mol. The van der Waals surface area contributed by atoms with Crippen LogP contribution in [0.15, 0.2) is 56.7 Å². The van der Waals surface area contributed by atoms with E-state index in [4.69, 9.17) is 0 Å². The third kappa shape index (κ3) is 2.61. The molecule has 20 heavy (non-hydrogen) atoms. The van der Waals surface area contributed by atoms with Gasteiger partial charge in [0.1, 0.15) is 6.04 Å². The summed E-state index contributed by atoms with van der Waals surface area (Å²) in [6.45, 7) is 0. The number of likely N-dealkylation sites (N-methyl/N-ethyl adjacent to an activating group) is 1. The lowest BCUT2D eigenvalue weighted by Gasteiger charge is -2.07. The summed E-state index contributed by atoms with van der Waals surface area (Å²) in [5.74, 6) is 0.00768. The molecule has 1 amide bonds. The standard InChI is InChI=1S/C15H13BrN2OS/c1-17-14-12-7-6-11(8-13(12)18-15(14)19)20-10-4-2-9(16)3-5-10/h2-8,14,17H,1H3,(H,18,19). The fourth-order valence-electron chi connectivity index (χ4n) is 2.23. The maximum Gasteiger partial charge on any atom is 0.246 e. The van der Waals surface area contributed by atoms with Crippen LogP contribution in [0.25, 0.3) is 0 Å². The third-order valence-corrected chi connectivity index (χ3v) is 4.72. The molecule has 1 unspecified atom stereocenters. The molecule has 2 aromatic rings. The van der Waals surface area contributed by atoms with E-state index < -0.39 is 0 Å². The highest BCUT2D eigenvalue weighted by Crippen LogP contribution is 2.36. The molecule has 0 fully saturated rings. The minimum Gasteiger partial charge on any atom is -0.324 e. The summed E-state index contributed by atoms with van der Waals surface area (Å²) in [4.78, 5) is 14.1. The van der Waals surface area contributed by atoms with Crippen molar-refractivity contribution in [3.05, 3.63) is 52.5 Å². The van der Waals surface area contributed by atoms with Crippen molar-refractivity contribution in [1.82, 2.24) is 5.32 Å². The number of fused-ring (bicyclic) bond motifs is 1. The highest BCUT2D eigenvalue weighted by atomic mass is 79.9. The summed E-state index contributed by atoms with van der Waals surface area (Å²) in [5.41, 5.74) is 1.91. The van der Waals surface area contributed by atoms with Crippen LogP contribution in [0.3, 0.4) is 0 Å². The topological polar surface area (TPSA) is 41.1 Å². The lowest BCUT2D eigenvalue weighted by atomic mass is 10.1. The number of carbonyl (C=O) groups excluding carboxylic acids is 1. The number of hydrogen-bond acceptors (Lipinski definition) is 3. The predicted octanol–water partition coefficient (Wildman–Crippen LogP) is 3.81. The Hall–Kier alpha value is -1.30. The van der Waals surface area contributed by atoms with Gasteiger partial charge < -0.3 is 10.6 Å². The van der Waals surface area contributed by atoms with E-state index in [1.54, 1.807) is 18.8 Å². The van der Waals surface area contributed by atoms with Crippen molar-refractivity contribution in [1.29, 1.82) is 0 Å². The zero-order valence-electron chi connectivity index (χ0n) is 10.8. The Bertz CT molecular complexity index is 657. The SMILES string of the molecule is CNC1C(=O)Nc2cc(Sc3ccc(Br)cc3)ccc21. The second kappa shape index (κ2) is 5.60. The van der Waals surface area contributed by atoms with Crippen molar-refractivity contribution < 1.29 is 4.79 Å². The van der Waals surface area contributed by atoms with Crippen LogP contribution in [0.4, 0.5) is 5.69 Å². The van der Waals surface area contributed by atoms with E-state index in [1.807, 2.05) is 24.3 Å². The molecule has 102 valence electrons. The first kappa shape index (κ1) is 13.7. The summed E-state index contributed by atoms with van der Waals surface area (Å²) in [6.07, 6.45) is 0. The molecule has 3 nitrogen and oxygen atoms in total. The Morgan fingerprint density at radius 1 is 1.15 bits per heavy atom. The lowest BCUT2D eigenvalue weighted by Crippen LogP contribution is -2.23. The second-order valence-corrected chi connectivity index (χ2v) is 6.58. The van der Waals surface area contributed by atoms with Crippen LogP contribution in [-0.4, -0.2) is 13.0 Å². The van der Waals surface area contributed by atoms with Crippen LogP contribution >= 0.6 is 27.7 Å². The van der Waals surface area contributed by atoms with Crippen molar-refractivity contribution in [3.63, 3.8) is 0 Å². The van der Waals surface area contributed by atoms with E-state index in [2.05, 4.69) is 44.8 Å². The van der Waals surface area contributed by atoms with Gasteiger partial charge in [-0.05, 0) is 43.4 Å². The zero-order valence-corrected chi connectivity index (χ0v) is 13.2. The average Bonchev–Trinajstić information content (AvgIpc) is 2.76. The number of benzene rings is 2. The van der Waals surface area contributed by atoms with E-state index >= 15 is 0 Å². The van der Waals surface area contributed by atoms with Crippen molar-refractivity contribution >= 4 is 39.3 Å². The maximum atomic E-state index is 11.8.